The maximum Gasteiger partial charge on any atom is 0.257 e. The van der Waals surface area contributed by atoms with Crippen molar-refractivity contribution in [1.29, 1.82) is 0 Å². The number of hydrogen-bond acceptors (Lipinski definition) is 3. The summed E-state index contributed by atoms with van der Waals surface area (Å²) in [6.07, 6.45) is -0.107. The first-order valence-electron chi connectivity index (χ1n) is 7.56. The third kappa shape index (κ3) is 1.95. The zero-order chi connectivity index (χ0) is 15.3. The van der Waals surface area contributed by atoms with Crippen LogP contribution in [0.4, 0.5) is 5.69 Å². The molecule has 112 valence electrons. The lowest BCUT2D eigenvalue weighted by Crippen LogP contribution is -2.27. The second-order valence-electron chi connectivity index (χ2n) is 6.09. The van der Waals surface area contributed by atoms with E-state index < -0.39 is 6.10 Å². The van der Waals surface area contributed by atoms with Crippen molar-refractivity contribution in [2.75, 3.05) is 18.9 Å². The number of likely N-dealkylation sites (N-methyl/N-ethyl adjacent to an activating group) is 1. The molecule has 4 heteroatoms. The summed E-state index contributed by atoms with van der Waals surface area (Å²) < 4.78 is 0. The number of anilines is 1. The number of hydrogen-bond donors (Lipinski definition) is 2. The van der Waals surface area contributed by atoms with Gasteiger partial charge in [-0.3, -0.25) is 4.79 Å². The normalized spacial score (nSPS) is 20.5. The first-order chi connectivity index (χ1) is 10.6. The summed E-state index contributed by atoms with van der Waals surface area (Å²) in [6.45, 7) is 1.80. The van der Waals surface area contributed by atoms with E-state index in [0.717, 1.165) is 41.9 Å². The van der Waals surface area contributed by atoms with E-state index in [-0.39, 0.29) is 5.91 Å². The Morgan fingerprint density at radius 2 is 2.00 bits per heavy atom. The van der Waals surface area contributed by atoms with Crippen molar-refractivity contribution in [3.05, 3.63) is 53.1 Å². The molecule has 0 bridgehead atoms. The van der Waals surface area contributed by atoms with Crippen LogP contribution in [0.15, 0.2) is 36.4 Å². The zero-order valence-electron chi connectivity index (χ0n) is 12.5. The Kier molecular flexibility index (Phi) is 3.03. The molecule has 0 aliphatic carbocycles. The number of fused-ring (bicyclic) bond motifs is 3. The van der Waals surface area contributed by atoms with Gasteiger partial charge in [0.15, 0.2) is 6.10 Å². The average Bonchev–Trinajstić information content (AvgIpc) is 2.83. The fourth-order valence-electron chi connectivity index (χ4n) is 3.49. The molecule has 0 spiro atoms. The Labute approximate surface area is 129 Å². The van der Waals surface area contributed by atoms with Crippen LogP contribution in [-0.4, -0.2) is 29.5 Å². The molecule has 0 fully saturated rings. The summed E-state index contributed by atoms with van der Waals surface area (Å²) in [5.41, 5.74) is 6.24. The van der Waals surface area contributed by atoms with E-state index in [1.54, 1.807) is 0 Å². The van der Waals surface area contributed by atoms with Crippen LogP contribution in [0, 0.1) is 0 Å². The van der Waals surface area contributed by atoms with Crippen LogP contribution >= 0.6 is 0 Å². The topological polar surface area (TPSA) is 52.6 Å². The molecule has 2 N–H and O–H groups in total. The molecule has 1 amide bonds. The number of rotatable bonds is 1. The van der Waals surface area contributed by atoms with Crippen LogP contribution in [0.25, 0.3) is 11.1 Å². The number of carbonyl (C=O) groups is 1. The van der Waals surface area contributed by atoms with Crippen molar-refractivity contribution in [3.8, 4) is 11.1 Å². The molecule has 1 unspecified atom stereocenters. The SMILES string of the molecule is CN1CCc2c(-c3ccccc3)cc3c(c2C1)NC(=O)C3O. The molecule has 0 saturated carbocycles. The molecule has 2 aromatic carbocycles. The molecule has 22 heavy (non-hydrogen) atoms. The van der Waals surface area contributed by atoms with Crippen molar-refractivity contribution in [1.82, 2.24) is 4.90 Å². The van der Waals surface area contributed by atoms with E-state index >= 15 is 0 Å². The molecule has 0 aromatic heterocycles. The minimum atomic E-state index is -1.06. The summed E-state index contributed by atoms with van der Waals surface area (Å²) in [7, 11) is 2.08. The maximum absolute atomic E-state index is 11.9. The maximum atomic E-state index is 11.9. The molecular formula is C18H18N2O2. The van der Waals surface area contributed by atoms with Crippen molar-refractivity contribution in [3.63, 3.8) is 0 Å². The van der Waals surface area contributed by atoms with Gasteiger partial charge in [-0.1, -0.05) is 30.3 Å². The Bertz CT molecular complexity index is 755. The van der Waals surface area contributed by atoms with Gasteiger partial charge in [-0.25, -0.2) is 0 Å². The monoisotopic (exact) mass is 294 g/mol. The Hall–Kier alpha value is -2.17. The van der Waals surface area contributed by atoms with Crippen molar-refractivity contribution >= 4 is 11.6 Å². The van der Waals surface area contributed by atoms with Gasteiger partial charge in [0.1, 0.15) is 0 Å². The molecule has 2 aromatic rings. The van der Waals surface area contributed by atoms with E-state index in [1.807, 2.05) is 24.3 Å². The zero-order valence-corrected chi connectivity index (χ0v) is 12.5. The number of aliphatic hydroxyl groups is 1. The molecule has 4 rings (SSSR count). The summed E-state index contributed by atoms with van der Waals surface area (Å²) in [5, 5.41) is 13.0. The highest BCUT2D eigenvalue weighted by Crippen LogP contribution is 2.42. The lowest BCUT2D eigenvalue weighted by Gasteiger charge is -2.29. The number of nitrogens with one attached hydrogen (secondary N) is 1. The number of carbonyl (C=O) groups excluding carboxylic acids is 1. The Balaban J connectivity index is 1.97. The van der Waals surface area contributed by atoms with Gasteiger partial charge in [0, 0.05) is 18.7 Å². The first-order valence-corrected chi connectivity index (χ1v) is 7.56. The highest BCUT2D eigenvalue weighted by Gasteiger charge is 2.34. The van der Waals surface area contributed by atoms with Crippen LogP contribution < -0.4 is 5.32 Å². The second-order valence-corrected chi connectivity index (χ2v) is 6.09. The van der Waals surface area contributed by atoms with Crippen molar-refractivity contribution < 1.29 is 9.90 Å². The van der Waals surface area contributed by atoms with Gasteiger partial charge in [0.05, 0.1) is 5.69 Å². The smallest absolute Gasteiger partial charge is 0.257 e. The molecule has 1 atom stereocenters. The average molecular weight is 294 g/mol. The Morgan fingerprint density at radius 1 is 1.23 bits per heavy atom. The quantitative estimate of drug-likeness (QED) is 0.849. The number of aliphatic hydroxyl groups excluding tert-OH is 1. The van der Waals surface area contributed by atoms with E-state index in [4.69, 9.17) is 0 Å². The minimum absolute atomic E-state index is 0.323. The molecule has 2 heterocycles. The standard InChI is InChI=1S/C18H18N2O2/c1-20-8-7-12-13(11-5-3-2-4-6-11)9-14-16(15(12)10-20)19-18(22)17(14)21/h2-6,9,17,21H,7-8,10H2,1H3,(H,19,22). The number of benzene rings is 2. The molecule has 2 aliphatic heterocycles. The highest BCUT2D eigenvalue weighted by atomic mass is 16.3. The molecule has 0 saturated heterocycles. The van der Waals surface area contributed by atoms with Crippen molar-refractivity contribution in [2.45, 2.75) is 19.1 Å². The van der Waals surface area contributed by atoms with Crippen molar-refractivity contribution in [2.24, 2.45) is 0 Å². The molecular weight excluding hydrogens is 276 g/mol. The summed E-state index contributed by atoms with van der Waals surface area (Å²) in [5.74, 6) is -0.323. The van der Waals surface area contributed by atoms with Gasteiger partial charge in [0.25, 0.3) is 5.91 Å². The summed E-state index contributed by atoms with van der Waals surface area (Å²) >= 11 is 0. The third-order valence-electron chi connectivity index (χ3n) is 4.63. The van der Waals surface area contributed by atoms with Crippen LogP contribution in [-0.2, 0) is 17.8 Å². The van der Waals surface area contributed by atoms with Crippen LogP contribution in [0.2, 0.25) is 0 Å². The van der Waals surface area contributed by atoms with Crippen LogP contribution in [0.3, 0.4) is 0 Å². The fourth-order valence-corrected chi connectivity index (χ4v) is 3.49. The Morgan fingerprint density at radius 3 is 2.77 bits per heavy atom. The number of nitrogens with zero attached hydrogens (tertiary/aromatic N) is 1. The summed E-state index contributed by atoms with van der Waals surface area (Å²) in [6, 6.07) is 12.2. The van der Waals surface area contributed by atoms with E-state index in [2.05, 4.69) is 29.4 Å². The van der Waals surface area contributed by atoms with Gasteiger partial charge in [-0.2, -0.15) is 0 Å². The van der Waals surface area contributed by atoms with Gasteiger partial charge in [-0.15, -0.1) is 0 Å². The molecule has 4 nitrogen and oxygen atoms in total. The van der Waals surface area contributed by atoms with Gasteiger partial charge in [0.2, 0.25) is 0 Å². The first kappa shape index (κ1) is 13.5. The predicted molar refractivity (Wildman–Crippen MR) is 85.5 cm³/mol. The van der Waals surface area contributed by atoms with Gasteiger partial charge < -0.3 is 15.3 Å². The predicted octanol–water partition coefficient (Wildman–Crippen LogP) is 2.33. The van der Waals surface area contributed by atoms with E-state index in [0.29, 0.717) is 5.56 Å². The second kappa shape index (κ2) is 4.93. The minimum Gasteiger partial charge on any atom is -0.378 e. The fraction of sp³-hybridized carbons (Fsp3) is 0.278. The lowest BCUT2D eigenvalue weighted by atomic mass is 9.87. The van der Waals surface area contributed by atoms with Gasteiger partial charge in [-0.05, 0) is 41.8 Å². The largest absolute Gasteiger partial charge is 0.378 e. The highest BCUT2D eigenvalue weighted by molar-refractivity contribution is 6.03. The van der Waals surface area contributed by atoms with E-state index in [1.165, 1.54) is 5.56 Å². The summed E-state index contributed by atoms with van der Waals surface area (Å²) in [4.78, 5) is 14.1. The van der Waals surface area contributed by atoms with Crippen LogP contribution in [0.1, 0.15) is 22.8 Å². The van der Waals surface area contributed by atoms with Crippen LogP contribution in [0.5, 0.6) is 0 Å². The van der Waals surface area contributed by atoms with Gasteiger partial charge >= 0.3 is 0 Å². The molecule has 2 aliphatic rings. The lowest BCUT2D eigenvalue weighted by molar-refractivity contribution is -0.123. The molecule has 0 radical (unpaired) electrons. The third-order valence-corrected chi connectivity index (χ3v) is 4.63. The number of amides is 1. The van der Waals surface area contributed by atoms with E-state index in [9.17, 15) is 9.90 Å².